The predicted molar refractivity (Wildman–Crippen MR) is 152 cm³/mol. The summed E-state index contributed by atoms with van der Waals surface area (Å²) in [4.78, 5) is 27.8. The van der Waals surface area contributed by atoms with E-state index in [1.54, 1.807) is 30.3 Å². The number of nitrogens with one attached hydrogen (secondary N) is 1. The van der Waals surface area contributed by atoms with Gasteiger partial charge in [-0.25, -0.2) is 8.42 Å². The molecule has 0 fully saturated rings. The molecule has 0 bridgehead atoms. The third-order valence-corrected chi connectivity index (χ3v) is 8.33. The summed E-state index contributed by atoms with van der Waals surface area (Å²) in [6.45, 7) is 2.90. The van der Waals surface area contributed by atoms with Gasteiger partial charge >= 0.3 is 6.18 Å². The summed E-state index contributed by atoms with van der Waals surface area (Å²) < 4.78 is 68.7. The molecule has 3 aromatic rings. The SMILES string of the molecule is CCCCNC(=O)C(C)N(Cc1cccc(Cl)c1)C(=O)CN(c1cccc(C(F)(F)F)c1)S(=O)(=O)c1ccccc1. The number of sulfonamides is 1. The first kappa shape index (κ1) is 32.0. The van der Waals surface area contributed by atoms with E-state index in [1.165, 1.54) is 42.2 Å². The summed E-state index contributed by atoms with van der Waals surface area (Å²) in [6.07, 6.45) is -3.19. The van der Waals surface area contributed by atoms with Crippen molar-refractivity contribution in [1.29, 1.82) is 0 Å². The maximum absolute atomic E-state index is 13.8. The Morgan fingerprint density at radius 3 is 2.29 bits per heavy atom. The van der Waals surface area contributed by atoms with Crippen LogP contribution >= 0.6 is 11.6 Å². The fraction of sp³-hybridized carbons (Fsp3) is 0.310. The zero-order chi connectivity index (χ0) is 30.2. The van der Waals surface area contributed by atoms with Crippen LogP contribution in [0.4, 0.5) is 18.9 Å². The molecule has 2 amide bonds. The van der Waals surface area contributed by atoms with E-state index in [0.717, 1.165) is 25.0 Å². The lowest BCUT2D eigenvalue weighted by Crippen LogP contribution is -2.51. The molecule has 0 aromatic heterocycles. The van der Waals surface area contributed by atoms with Gasteiger partial charge in [0, 0.05) is 18.1 Å². The van der Waals surface area contributed by atoms with Crippen molar-refractivity contribution in [2.75, 3.05) is 17.4 Å². The largest absolute Gasteiger partial charge is 0.416 e. The van der Waals surface area contributed by atoms with Crippen LogP contribution in [0.25, 0.3) is 0 Å². The quantitative estimate of drug-likeness (QED) is 0.260. The number of nitrogens with zero attached hydrogens (tertiary/aromatic N) is 2. The van der Waals surface area contributed by atoms with Crippen molar-refractivity contribution < 1.29 is 31.2 Å². The molecule has 7 nitrogen and oxygen atoms in total. The first-order valence-corrected chi connectivity index (χ1v) is 14.7. The Bertz CT molecular complexity index is 1450. The Morgan fingerprint density at radius 1 is 0.976 bits per heavy atom. The highest BCUT2D eigenvalue weighted by atomic mass is 35.5. The van der Waals surface area contributed by atoms with Crippen LogP contribution in [0.15, 0.2) is 83.8 Å². The molecular formula is C29H31ClF3N3O4S. The molecular weight excluding hydrogens is 579 g/mol. The molecule has 0 heterocycles. The van der Waals surface area contributed by atoms with Crippen molar-refractivity contribution in [3.8, 4) is 0 Å². The third kappa shape index (κ3) is 8.46. The van der Waals surface area contributed by atoms with Gasteiger partial charge in [0.25, 0.3) is 10.0 Å². The van der Waals surface area contributed by atoms with Gasteiger partial charge in [0.05, 0.1) is 16.1 Å². The molecule has 12 heteroatoms. The molecule has 3 rings (SSSR count). The summed E-state index contributed by atoms with van der Waals surface area (Å²) in [6, 6.07) is 16.4. The lowest BCUT2D eigenvalue weighted by atomic mass is 10.1. The van der Waals surface area contributed by atoms with E-state index in [-0.39, 0.29) is 17.1 Å². The normalized spacial score (nSPS) is 12.4. The summed E-state index contributed by atoms with van der Waals surface area (Å²) in [7, 11) is -4.49. The molecule has 1 N–H and O–H groups in total. The van der Waals surface area contributed by atoms with Gasteiger partial charge < -0.3 is 10.2 Å². The molecule has 3 aromatic carbocycles. The number of rotatable bonds is 12. The highest BCUT2D eigenvalue weighted by Crippen LogP contribution is 2.33. The molecule has 0 spiro atoms. The Morgan fingerprint density at radius 2 is 1.66 bits per heavy atom. The van der Waals surface area contributed by atoms with E-state index in [9.17, 15) is 31.2 Å². The minimum Gasteiger partial charge on any atom is -0.354 e. The summed E-state index contributed by atoms with van der Waals surface area (Å²) in [5, 5.41) is 3.16. The maximum Gasteiger partial charge on any atom is 0.416 e. The third-order valence-electron chi connectivity index (χ3n) is 6.31. The first-order valence-electron chi connectivity index (χ1n) is 12.9. The second-order valence-corrected chi connectivity index (χ2v) is 11.6. The zero-order valence-electron chi connectivity index (χ0n) is 22.6. The fourth-order valence-electron chi connectivity index (χ4n) is 4.04. The van der Waals surface area contributed by atoms with Crippen molar-refractivity contribution in [2.45, 2.75) is 50.3 Å². The van der Waals surface area contributed by atoms with Crippen LogP contribution in [-0.2, 0) is 32.3 Å². The summed E-state index contributed by atoms with van der Waals surface area (Å²) in [5.74, 6) is -1.25. The number of amides is 2. The van der Waals surface area contributed by atoms with Crippen molar-refractivity contribution in [3.63, 3.8) is 0 Å². The Labute approximate surface area is 243 Å². The minimum atomic E-state index is -4.74. The van der Waals surface area contributed by atoms with Crippen molar-refractivity contribution >= 4 is 39.1 Å². The van der Waals surface area contributed by atoms with Gasteiger partial charge in [0.2, 0.25) is 11.8 Å². The van der Waals surface area contributed by atoms with E-state index in [4.69, 9.17) is 11.6 Å². The van der Waals surface area contributed by atoms with Crippen LogP contribution < -0.4 is 9.62 Å². The molecule has 0 saturated heterocycles. The maximum atomic E-state index is 13.8. The first-order chi connectivity index (χ1) is 19.3. The molecule has 1 unspecified atom stereocenters. The minimum absolute atomic E-state index is 0.0937. The number of benzene rings is 3. The fourth-order valence-corrected chi connectivity index (χ4v) is 5.68. The second-order valence-electron chi connectivity index (χ2n) is 9.34. The Hall–Kier alpha value is -3.57. The van der Waals surface area contributed by atoms with Crippen molar-refractivity contribution in [1.82, 2.24) is 10.2 Å². The number of unbranched alkanes of at least 4 members (excludes halogenated alkanes) is 1. The molecule has 41 heavy (non-hydrogen) atoms. The molecule has 0 aliphatic heterocycles. The lowest BCUT2D eigenvalue weighted by molar-refractivity contribution is -0.139. The van der Waals surface area contributed by atoms with E-state index in [0.29, 0.717) is 27.5 Å². The molecule has 0 aliphatic rings. The molecule has 0 radical (unpaired) electrons. The average molecular weight is 610 g/mol. The van der Waals surface area contributed by atoms with E-state index < -0.39 is 46.2 Å². The van der Waals surface area contributed by atoms with Gasteiger partial charge in [0.1, 0.15) is 12.6 Å². The van der Waals surface area contributed by atoms with Crippen LogP contribution in [0.5, 0.6) is 0 Å². The van der Waals surface area contributed by atoms with E-state index >= 15 is 0 Å². The number of carbonyl (C=O) groups is 2. The number of alkyl halides is 3. The van der Waals surface area contributed by atoms with Crippen LogP contribution in [0, 0.1) is 0 Å². The van der Waals surface area contributed by atoms with Crippen LogP contribution in [0.1, 0.15) is 37.8 Å². The zero-order valence-corrected chi connectivity index (χ0v) is 24.1. The molecule has 1 atom stereocenters. The van der Waals surface area contributed by atoms with Gasteiger partial charge in [-0.2, -0.15) is 13.2 Å². The number of halogens is 4. The number of hydrogen-bond donors (Lipinski definition) is 1. The van der Waals surface area contributed by atoms with Gasteiger partial charge in [-0.1, -0.05) is 61.3 Å². The molecule has 220 valence electrons. The second kappa shape index (κ2) is 13.9. The Kier molecular flexibility index (Phi) is 10.8. The van der Waals surface area contributed by atoms with Crippen LogP contribution in [-0.4, -0.2) is 44.3 Å². The lowest BCUT2D eigenvalue weighted by Gasteiger charge is -2.32. The van der Waals surface area contributed by atoms with Crippen molar-refractivity contribution in [2.24, 2.45) is 0 Å². The van der Waals surface area contributed by atoms with E-state index in [2.05, 4.69) is 5.32 Å². The summed E-state index contributed by atoms with van der Waals surface area (Å²) in [5.41, 5.74) is -0.842. The monoisotopic (exact) mass is 609 g/mol. The van der Waals surface area contributed by atoms with Gasteiger partial charge in [-0.15, -0.1) is 0 Å². The van der Waals surface area contributed by atoms with Crippen LogP contribution in [0.2, 0.25) is 5.02 Å². The standard InChI is InChI=1S/C29H31ClF3N3O4S/c1-3-4-16-34-28(38)21(2)35(19-22-10-8-12-24(30)17-22)27(37)20-36(41(39,40)26-14-6-5-7-15-26)25-13-9-11-23(18-25)29(31,32)33/h5-15,17-18,21H,3-4,16,19-20H2,1-2H3,(H,34,38). The van der Waals surface area contributed by atoms with Gasteiger partial charge in [-0.3, -0.25) is 13.9 Å². The highest BCUT2D eigenvalue weighted by molar-refractivity contribution is 7.92. The number of hydrogen-bond acceptors (Lipinski definition) is 4. The highest BCUT2D eigenvalue weighted by Gasteiger charge is 2.35. The number of anilines is 1. The predicted octanol–water partition coefficient (Wildman–Crippen LogP) is 5.89. The van der Waals surface area contributed by atoms with Crippen LogP contribution in [0.3, 0.4) is 0 Å². The van der Waals surface area contributed by atoms with Gasteiger partial charge in [0.15, 0.2) is 0 Å². The number of carbonyl (C=O) groups excluding carboxylic acids is 2. The smallest absolute Gasteiger partial charge is 0.354 e. The molecule has 0 saturated carbocycles. The topological polar surface area (TPSA) is 86.8 Å². The molecule has 0 aliphatic carbocycles. The van der Waals surface area contributed by atoms with E-state index in [1.807, 2.05) is 6.92 Å². The summed E-state index contributed by atoms with van der Waals surface area (Å²) >= 11 is 6.12. The van der Waals surface area contributed by atoms with Crippen molar-refractivity contribution in [3.05, 3.63) is 95.0 Å². The van der Waals surface area contributed by atoms with Gasteiger partial charge in [-0.05, 0) is 61.4 Å². The average Bonchev–Trinajstić information content (AvgIpc) is 2.94. The Balaban J connectivity index is 2.05.